The number of likely N-dealkylation sites (tertiary alicyclic amines) is 1. The van der Waals surface area contributed by atoms with Crippen molar-refractivity contribution in [3.8, 4) is 0 Å². The lowest BCUT2D eigenvalue weighted by atomic mass is 10.2. The van der Waals surface area contributed by atoms with Crippen LogP contribution in [0.5, 0.6) is 0 Å². The average Bonchev–Trinajstić information content (AvgIpc) is 2.78. The number of imide groups is 1. The standard InChI is InChI=1S/C16H25NO5/c1-2-3-5-8-15(20)22-16(21)9-6-4-7-12-17-13(18)10-11-14(17)19/h2-12H2,1H3. The topological polar surface area (TPSA) is 80.8 Å². The molecule has 2 amide bonds. The number of nitrogens with zero attached hydrogens (tertiary/aromatic N) is 1. The van der Waals surface area contributed by atoms with Gasteiger partial charge in [0.1, 0.15) is 0 Å². The molecular weight excluding hydrogens is 286 g/mol. The first-order valence-corrected chi connectivity index (χ1v) is 8.11. The minimum atomic E-state index is -0.491. The van der Waals surface area contributed by atoms with E-state index in [0.717, 1.165) is 25.7 Å². The molecule has 0 aliphatic carbocycles. The highest BCUT2D eigenvalue weighted by molar-refractivity contribution is 6.01. The van der Waals surface area contributed by atoms with Crippen LogP contribution in [-0.4, -0.2) is 35.2 Å². The van der Waals surface area contributed by atoms with Crippen LogP contribution >= 0.6 is 0 Å². The molecule has 1 aliphatic rings. The highest BCUT2D eigenvalue weighted by atomic mass is 16.6. The van der Waals surface area contributed by atoms with Crippen LogP contribution < -0.4 is 0 Å². The van der Waals surface area contributed by atoms with Crippen molar-refractivity contribution in [1.82, 2.24) is 4.90 Å². The van der Waals surface area contributed by atoms with Crippen molar-refractivity contribution >= 4 is 23.8 Å². The van der Waals surface area contributed by atoms with Crippen molar-refractivity contribution in [3.05, 3.63) is 0 Å². The van der Waals surface area contributed by atoms with Gasteiger partial charge in [0.05, 0.1) is 0 Å². The Kier molecular flexibility index (Phi) is 8.40. The highest BCUT2D eigenvalue weighted by Gasteiger charge is 2.27. The maximum atomic E-state index is 11.4. The van der Waals surface area contributed by atoms with Gasteiger partial charge in [0.2, 0.25) is 11.8 Å². The molecule has 1 rings (SSSR count). The molecule has 0 aromatic heterocycles. The van der Waals surface area contributed by atoms with Crippen molar-refractivity contribution < 1.29 is 23.9 Å². The third-order valence-electron chi connectivity index (χ3n) is 3.63. The molecule has 0 bridgehead atoms. The van der Waals surface area contributed by atoms with Gasteiger partial charge in [-0.1, -0.05) is 26.2 Å². The molecule has 0 radical (unpaired) electrons. The van der Waals surface area contributed by atoms with E-state index in [1.165, 1.54) is 4.90 Å². The number of esters is 2. The van der Waals surface area contributed by atoms with Crippen LogP contribution in [0.4, 0.5) is 0 Å². The first-order chi connectivity index (χ1) is 10.5. The molecular formula is C16H25NO5. The van der Waals surface area contributed by atoms with E-state index in [9.17, 15) is 19.2 Å². The normalized spacial score (nSPS) is 14.5. The third-order valence-corrected chi connectivity index (χ3v) is 3.63. The number of carbonyl (C=O) groups excluding carboxylic acids is 4. The summed E-state index contributed by atoms with van der Waals surface area (Å²) in [6, 6.07) is 0. The Morgan fingerprint density at radius 1 is 0.909 bits per heavy atom. The number of hydrogen-bond donors (Lipinski definition) is 0. The zero-order chi connectivity index (χ0) is 16.4. The Balaban J connectivity index is 2.04. The lowest BCUT2D eigenvalue weighted by Crippen LogP contribution is -2.29. The van der Waals surface area contributed by atoms with Crippen LogP contribution in [0.15, 0.2) is 0 Å². The predicted octanol–water partition coefficient (Wildman–Crippen LogP) is 2.35. The molecule has 1 fully saturated rings. The summed E-state index contributed by atoms with van der Waals surface area (Å²) >= 11 is 0. The van der Waals surface area contributed by atoms with Crippen molar-refractivity contribution in [3.63, 3.8) is 0 Å². The van der Waals surface area contributed by atoms with Gasteiger partial charge < -0.3 is 4.74 Å². The fourth-order valence-corrected chi connectivity index (χ4v) is 2.34. The summed E-state index contributed by atoms with van der Waals surface area (Å²) in [4.78, 5) is 46.8. The molecule has 0 aromatic rings. The summed E-state index contributed by atoms with van der Waals surface area (Å²) in [7, 11) is 0. The SMILES string of the molecule is CCCCCC(=O)OC(=O)CCCCCN1C(=O)CCC1=O. The van der Waals surface area contributed by atoms with Crippen molar-refractivity contribution in [1.29, 1.82) is 0 Å². The van der Waals surface area contributed by atoms with Crippen LogP contribution in [-0.2, 0) is 23.9 Å². The second kappa shape index (κ2) is 10.1. The molecule has 6 nitrogen and oxygen atoms in total. The number of rotatable bonds is 10. The fraction of sp³-hybridized carbons (Fsp3) is 0.750. The molecule has 22 heavy (non-hydrogen) atoms. The zero-order valence-corrected chi connectivity index (χ0v) is 13.3. The summed E-state index contributed by atoms with van der Waals surface area (Å²) in [6.07, 6.45) is 5.82. The number of carbonyl (C=O) groups is 4. The van der Waals surface area contributed by atoms with Gasteiger partial charge in [-0.05, 0) is 19.3 Å². The lowest BCUT2D eigenvalue weighted by Gasteiger charge is -2.12. The number of amides is 2. The Bertz CT molecular complexity index is 403. The molecule has 0 atom stereocenters. The van der Waals surface area contributed by atoms with Gasteiger partial charge in [0.25, 0.3) is 0 Å². The van der Waals surface area contributed by atoms with Gasteiger partial charge in [-0.25, -0.2) is 0 Å². The van der Waals surface area contributed by atoms with E-state index in [0.29, 0.717) is 38.6 Å². The van der Waals surface area contributed by atoms with Crippen molar-refractivity contribution in [2.24, 2.45) is 0 Å². The van der Waals surface area contributed by atoms with Gasteiger partial charge in [-0.3, -0.25) is 24.1 Å². The second-order valence-corrected chi connectivity index (χ2v) is 5.55. The molecule has 0 unspecified atom stereocenters. The van der Waals surface area contributed by atoms with E-state index in [1.54, 1.807) is 0 Å². The first-order valence-electron chi connectivity index (χ1n) is 8.11. The number of unbranched alkanes of at least 4 members (excludes halogenated alkanes) is 4. The summed E-state index contributed by atoms with van der Waals surface area (Å²) in [6.45, 7) is 2.46. The molecule has 124 valence electrons. The predicted molar refractivity (Wildman–Crippen MR) is 79.7 cm³/mol. The molecule has 0 saturated carbocycles. The summed E-state index contributed by atoms with van der Waals surface area (Å²) in [5, 5.41) is 0. The summed E-state index contributed by atoms with van der Waals surface area (Å²) in [5.74, 6) is -1.16. The van der Waals surface area contributed by atoms with Gasteiger partial charge in [0, 0.05) is 32.2 Å². The molecule has 1 saturated heterocycles. The fourth-order valence-electron chi connectivity index (χ4n) is 2.34. The Morgan fingerprint density at radius 3 is 2.00 bits per heavy atom. The molecule has 0 spiro atoms. The largest absolute Gasteiger partial charge is 0.393 e. The minimum Gasteiger partial charge on any atom is -0.393 e. The number of ether oxygens (including phenoxy) is 1. The molecule has 0 N–H and O–H groups in total. The summed E-state index contributed by atoms with van der Waals surface area (Å²) in [5.41, 5.74) is 0. The molecule has 1 aliphatic heterocycles. The van der Waals surface area contributed by atoms with Crippen LogP contribution in [0.1, 0.15) is 71.1 Å². The van der Waals surface area contributed by atoms with E-state index >= 15 is 0 Å². The van der Waals surface area contributed by atoms with E-state index in [2.05, 4.69) is 0 Å². The van der Waals surface area contributed by atoms with Gasteiger partial charge in [-0.2, -0.15) is 0 Å². The van der Waals surface area contributed by atoms with E-state index in [-0.39, 0.29) is 18.2 Å². The van der Waals surface area contributed by atoms with Crippen molar-refractivity contribution in [2.75, 3.05) is 6.54 Å². The molecule has 1 heterocycles. The molecule has 0 aromatic carbocycles. The first kappa shape index (κ1) is 18.3. The van der Waals surface area contributed by atoms with E-state index in [4.69, 9.17) is 4.74 Å². The minimum absolute atomic E-state index is 0.109. The van der Waals surface area contributed by atoms with Gasteiger partial charge in [-0.15, -0.1) is 0 Å². The quantitative estimate of drug-likeness (QED) is 0.268. The molecule has 6 heteroatoms. The average molecular weight is 311 g/mol. The maximum Gasteiger partial charge on any atom is 0.313 e. The van der Waals surface area contributed by atoms with Crippen LogP contribution in [0.25, 0.3) is 0 Å². The van der Waals surface area contributed by atoms with Gasteiger partial charge in [0.15, 0.2) is 0 Å². The van der Waals surface area contributed by atoms with Crippen LogP contribution in [0.3, 0.4) is 0 Å². The lowest BCUT2D eigenvalue weighted by molar-refractivity contribution is -0.160. The third kappa shape index (κ3) is 6.83. The van der Waals surface area contributed by atoms with Gasteiger partial charge >= 0.3 is 11.9 Å². The Hall–Kier alpha value is -1.72. The van der Waals surface area contributed by atoms with Crippen molar-refractivity contribution in [2.45, 2.75) is 71.1 Å². The Labute approximate surface area is 131 Å². The summed E-state index contributed by atoms with van der Waals surface area (Å²) < 4.78 is 4.71. The highest BCUT2D eigenvalue weighted by Crippen LogP contribution is 2.13. The van der Waals surface area contributed by atoms with Crippen LogP contribution in [0, 0.1) is 0 Å². The van der Waals surface area contributed by atoms with E-state index in [1.807, 2.05) is 6.92 Å². The zero-order valence-electron chi connectivity index (χ0n) is 13.3. The smallest absolute Gasteiger partial charge is 0.313 e. The second-order valence-electron chi connectivity index (χ2n) is 5.55. The number of hydrogen-bond acceptors (Lipinski definition) is 5. The van der Waals surface area contributed by atoms with Crippen LogP contribution in [0.2, 0.25) is 0 Å². The van der Waals surface area contributed by atoms with E-state index < -0.39 is 11.9 Å². The monoisotopic (exact) mass is 311 g/mol. The maximum absolute atomic E-state index is 11.4. The Morgan fingerprint density at radius 2 is 1.45 bits per heavy atom.